The van der Waals surface area contributed by atoms with E-state index in [9.17, 15) is 5.26 Å². The van der Waals surface area contributed by atoms with Gasteiger partial charge < -0.3 is 20.2 Å². The first-order valence-corrected chi connectivity index (χ1v) is 9.85. The minimum atomic E-state index is 0.0823. The molecule has 1 aliphatic heterocycles. The molecule has 1 aliphatic rings. The van der Waals surface area contributed by atoms with Crippen molar-refractivity contribution >= 4 is 16.7 Å². The lowest BCUT2D eigenvalue weighted by Crippen LogP contribution is -2.26. The number of benzene rings is 1. The van der Waals surface area contributed by atoms with Gasteiger partial charge in [0.05, 0.1) is 30.2 Å². The molecule has 0 aliphatic carbocycles. The molecule has 7 heteroatoms. The maximum atomic E-state index is 9.69. The third-order valence-electron chi connectivity index (χ3n) is 5.18. The summed E-state index contributed by atoms with van der Waals surface area (Å²) >= 11 is 0. The Morgan fingerprint density at radius 1 is 1.33 bits per heavy atom. The minimum absolute atomic E-state index is 0.0823. The first kappa shape index (κ1) is 19.7. The predicted molar refractivity (Wildman–Crippen MR) is 117 cm³/mol. The van der Waals surface area contributed by atoms with E-state index in [1.165, 1.54) is 6.20 Å². The molecule has 0 amide bonds. The highest BCUT2D eigenvalue weighted by molar-refractivity contribution is 6.10. The van der Waals surface area contributed by atoms with Gasteiger partial charge in [-0.3, -0.25) is 4.99 Å². The van der Waals surface area contributed by atoms with Gasteiger partial charge in [0.2, 0.25) is 0 Å². The Kier molecular flexibility index (Phi) is 5.77. The highest BCUT2D eigenvalue weighted by atomic mass is 16.5. The SMILES string of the molecule is CN=C(C=CN)c1cc2c(-c3ccc(OC4CCOCC4)c(C#N)c3)ccnc2[nH]1. The minimum Gasteiger partial charge on any atom is -0.489 e. The number of hydrogen-bond acceptors (Lipinski definition) is 6. The molecule has 0 bridgehead atoms. The first-order valence-electron chi connectivity index (χ1n) is 9.85. The summed E-state index contributed by atoms with van der Waals surface area (Å²) in [5.41, 5.74) is 10.3. The normalized spacial score (nSPS) is 15.5. The molecule has 1 aromatic carbocycles. The molecule has 3 N–H and O–H groups in total. The Morgan fingerprint density at radius 2 is 2.17 bits per heavy atom. The largest absolute Gasteiger partial charge is 0.489 e. The van der Waals surface area contributed by atoms with Crippen LogP contribution in [-0.2, 0) is 4.74 Å². The van der Waals surface area contributed by atoms with E-state index in [0.717, 1.165) is 46.4 Å². The molecule has 1 saturated heterocycles. The molecule has 0 saturated carbocycles. The highest BCUT2D eigenvalue weighted by Gasteiger charge is 2.18. The van der Waals surface area contributed by atoms with Gasteiger partial charge in [-0.1, -0.05) is 6.07 Å². The predicted octanol–water partition coefficient (Wildman–Crippen LogP) is 3.55. The van der Waals surface area contributed by atoms with Gasteiger partial charge in [-0.2, -0.15) is 5.26 Å². The quantitative estimate of drug-likeness (QED) is 0.636. The number of nitriles is 1. The molecule has 4 rings (SSSR count). The molecule has 2 aromatic heterocycles. The zero-order valence-electron chi connectivity index (χ0n) is 16.8. The van der Waals surface area contributed by atoms with Crippen molar-refractivity contribution < 1.29 is 9.47 Å². The summed E-state index contributed by atoms with van der Waals surface area (Å²) in [7, 11) is 1.71. The monoisotopic (exact) mass is 401 g/mol. The van der Waals surface area contributed by atoms with Gasteiger partial charge in [-0.05, 0) is 47.7 Å². The topological polar surface area (TPSA) is 109 Å². The summed E-state index contributed by atoms with van der Waals surface area (Å²) in [6.07, 6.45) is 6.70. The van der Waals surface area contributed by atoms with E-state index in [-0.39, 0.29) is 6.10 Å². The molecule has 152 valence electrons. The number of H-pyrrole nitrogens is 1. The molecular formula is C23H23N5O2. The molecular weight excluding hydrogens is 378 g/mol. The van der Waals surface area contributed by atoms with Gasteiger partial charge in [-0.25, -0.2) is 4.98 Å². The summed E-state index contributed by atoms with van der Waals surface area (Å²) < 4.78 is 11.5. The van der Waals surface area contributed by atoms with Crippen molar-refractivity contribution in [1.29, 1.82) is 5.26 Å². The molecule has 0 atom stereocenters. The molecule has 3 heterocycles. The number of aromatic nitrogens is 2. The van der Waals surface area contributed by atoms with E-state index in [0.29, 0.717) is 24.5 Å². The summed E-state index contributed by atoms with van der Waals surface area (Å²) in [5.74, 6) is 0.613. The fourth-order valence-corrected chi connectivity index (χ4v) is 3.65. The second-order valence-corrected chi connectivity index (χ2v) is 7.02. The second-order valence-electron chi connectivity index (χ2n) is 7.02. The maximum Gasteiger partial charge on any atom is 0.138 e. The van der Waals surface area contributed by atoms with Gasteiger partial charge in [-0.15, -0.1) is 0 Å². The van der Waals surface area contributed by atoms with Crippen LogP contribution in [0.1, 0.15) is 24.1 Å². The van der Waals surface area contributed by atoms with Crippen LogP contribution in [0.25, 0.3) is 22.2 Å². The lowest BCUT2D eigenvalue weighted by molar-refractivity contribution is 0.0254. The summed E-state index contributed by atoms with van der Waals surface area (Å²) in [6.45, 7) is 1.38. The zero-order chi connectivity index (χ0) is 20.9. The van der Waals surface area contributed by atoms with Crippen molar-refractivity contribution in [2.24, 2.45) is 10.7 Å². The Hall–Kier alpha value is -3.63. The smallest absolute Gasteiger partial charge is 0.138 e. The third kappa shape index (κ3) is 3.91. The second kappa shape index (κ2) is 8.80. The number of nitrogens with zero attached hydrogens (tertiary/aromatic N) is 3. The fraction of sp³-hybridized carbons (Fsp3) is 0.261. The van der Waals surface area contributed by atoms with E-state index < -0.39 is 0 Å². The summed E-state index contributed by atoms with van der Waals surface area (Å²) in [5, 5.41) is 10.6. The molecule has 0 unspecified atom stereocenters. The van der Waals surface area contributed by atoms with E-state index in [1.54, 1.807) is 19.3 Å². The summed E-state index contributed by atoms with van der Waals surface area (Å²) in [4.78, 5) is 12.0. The van der Waals surface area contributed by atoms with Crippen LogP contribution in [0.2, 0.25) is 0 Å². The van der Waals surface area contributed by atoms with Gasteiger partial charge in [0.15, 0.2) is 0 Å². The number of pyridine rings is 1. The first-order chi connectivity index (χ1) is 14.7. The van der Waals surface area contributed by atoms with Crippen LogP contribution in [0.4, 0.5) is 0 Å². The lowest BCUT2D eigenvalue weighted by atomic mass is 10.0. The van der Waals surface area contributed by atoms with Crippen molar-refractivity contribution in [2.45, 2.75) is 18.9 Å². The van der Waals surface area contributed by atoms with Crippen molar-refractivity contribution in [1.82, 2.24) is 9.97 Å². The Labute approximate surface area is 174 Å². The number of nitrogens with one attached hydrogen (secondary N) is 1. The van der Waals surface area contributed by atoms with Gasteiger partial charge >= 0.3 is 0 Å². The fourth-order valence-electron chi connectivity index (χ4n) is 3.65. The van der Waals surface area contributed by atoms with Crippen molar-refractivity contribution in [3.05, 3.63) is 60.1 Å². The standard InChI is InChI=1S/C23H23N5O2/c1-26-20(4-8-24)21-13-19-18(5-9-27-23(19)28-21)15-2-3-22(16(12-15)14-25)30-17-6-10-29-11-7-17/h2-5,8-9,12-13,17H,6-7,10-11,24H2,1H3,(H,27,28). The number of allylic oxidation sites excluding steroid dienone is 1. The van der Waals surface area contributed by atoms with Crippen molar-refractivity contribution in [3.8, 4) is 22.9 Å². The molecule has 3 aromatic rings. The van der Waals surface area contributed by atoms with Crippen LogP contribution >= 0.6 is 0 Å². The average Bonchev–Trinajstić information content (AvgIpc) is 3.22. The molecule has 30 heavy (non-hydrogen) atoms. The number of aromatic amines is 1. The number of fused-ring (bicyclic) bond motifs is 1. The van der Waals surface area contributed by atoms with Crippen LogP contribution in [-0.4, -0.2) is 42.0 Å². The van der Waals surface area contributed by atoms with Crippen LogP contribution in [0.3, 0.4) is 0 Å². The highest BCUT2D eigenvalue weighted by Crippen LogP contribution is 2.32. The zero-order valence-corrected chi connectivity index (χ0v) is 16.8. The number of aliphatic imine (C=N–C) groups is 1. The third-order valence-corrected chi connectivity index (χ3v) is 5.18. The maximum absolute atomic E-state index is 9.69. The molecule has 7 nitrogen and oxygen atoms in total. The number of nitrogens with two attached hydrogens (primary N) is 1. The Balaban J connectivity index is 1.71. The number of ether oxygens (including phenoxy) is 2. The van der Waals surface area contributed by atoms with Gasteiger partial charge in [0.25, 0.3) is 0 Å². The van der Waals surface area contributed by atoms with Crippen LogP contribution < -0.4 is 10.5 Å². The van der Waals surface area contributed by atoms with Crippen LogP contribution in [0, 0.1) is 11.3 Å². The molecule has 0 spiro atoms. The Morgan fingerprint density at radius 3 is 2.90 bits per heavy atom. The number of hydrogen-bond donors (Lipinski definition) is 2. The molecule has 0 radical (unpaired) electrons. The van der Waals surface area contributed by atoms with Gasteiger partial charge in [0, 0.05) is 31.5 Å². The van der Waals surface area contributed by atoms with E-state index in [1.807, 2.05) is 30.3 Å². The molecule has 1 fully saturated rings. The average molecular weight is 401 g/mol. The lowest BCUT2D eigenvalue weighted by Gasteiger charge is -2.23. The summed E-state index contributed by atoms with van der Waals surface area (Å²) in [6, 6.07) is 11.9. The van der Waals surface area contributed by atoms with E-state index >= 15 is 0 Å². The Bertz CT molecular complexity index is 1150. The van der Waals surface area contributed by atoms with E-state index in [4.69, 9.17) is 15.2 Å². The van der Waals surface area contributed by atoms with Crippen molar-refractivity contribution in [2.75, 3.05) is 20.3 Å². The van der Waals surface area contributed by atoms with Crippen LogP contribution in [0.15, 0.2) is 53.8 Å². The van der Waals surface area contributed by atoms with Crippen molar-refractivity contribution in [3.63, 3.8) is 0 Å². The van der Waals surface area contributed by atoms with Gasteiger partial charge in [0.1, 0.15) is 23.6 Å². The number of rotatable bonds is 5. The van der Waals surface area contributed by atoms with Crippen LogP contribution in [0.5, 0.6) is 5.75 Å². The van der Waals surface area contributed by atoms with E-state index in [2.05, 4.69) is 21.0 Å².